The number of benzene rings is 4. The molecule has 0 aliphatic heterocycles. The highest BCUT2D eigenvalue weighted by Gasteiger charge is 2.41. The number of amides is 6. The second-order valence-corrected chi connectivity index (χ2v) is 25.1. The van der Waals surface area contributed by atoms with Gasteiger partial charge in [0.15, 0.2) is 11.5 Å². The van der Waals surface area contributed by atoms with Crippen LogP contribution in [0.3, 0.4) is 0 Å². The number of aliphatic carboxylic acids is 1. The number of carboxylic acid groups (broad SMARTS) is 1. The Kier molecular flexibility index (Phi) is 31.0. The Morgan fingerprint density at radius 1 is 0.417 bits per heavy atom. The molecule has 4 aromatic rings. The molecule has 0 aromatic heterocycles. The van der Waals surface area contributed by atoms with E-state index < -0.39 is 81.8 Å². The van der Waals surface area contributed by atoms with Gasteiger partial charge in [0.2, 0.25) is 5.71 Å². The molecule has 526 valence electrons. The zero-order valence-corrected chi connectivity index (χ0v) is 59.0. The fourth-order valence-electron chi connectivity index (χ4n) is 8.73. The predicted molar refractivity (Wildman–Crippen MR) is 360 cm³/mol. The number of methoxy groups -OCH3 is 4. The summed E-state index contributed by atoms with van der Waals surface area (Å²) in [6.45, 7) is 20.7. The van der Waals surface area contributed by atoms with E-state index in [2.05, 4.69) is 10.2 Å². The first-order chi connectivity index (χ1) is 45.0. The Balaban J connectivity index is 1.96. The van der Waals surface area contributed by atoms with Gasteiger partial charge in [-0.05, 0) is 142 Å². The second kappa shape index (κ2) is 37.0. The van der Waals surface area contributed by atoms with E-state index in [0.29, 0.717) is 30.9 Å². The summed E-state index contributed by atoms with van der Waals surface area (Å²) in [5.74, 6) is -5.84. The molecule has 0 heterocycles. The van der Waals surface area contributed by atoms with Crippen molar-refractivity contribution >= 4 is 105 Å². The molecule has 0 aliphatic rings. The predicted octanol–water partition coefficient (Wildman–Crippen LogP) is 11.3. The summed E-state index contributed by atoms with van der Waals surface area (Å²) in [5, 5.41) is 19.7. The molecule has 4 aromatic carbocycles. The molecule has 0 radical (unpaired) electrons. The first-order valence-corrected chi connectivity index (χ1v) is 30.9. The van der Waals surface area contributed by atoms with Crippen LogP contribution >= 0.6 is 23.2 Å². The number of aryl methyl sites for hydroxylation is 4. The summed E-state index contributed by atoms with van der Waals surface area (Å²) >= 11 is 14.2. The Bertz CT molecular complexity index is 3240. The van der Waals surface area contributed by atoms with Gasteiger partial charge in [-0.25, -0.2) is 33.8 Å². The molecule has 1 N–H and O–H groups in total. The van der Waals surface area contributed by atoms with E-state index in [0.717, 1.165) is 18.1 Å². The molecule has 4 rings (SSSR count). The lowest BCUT2D eigenvalue weighted by molar-refractivity contribution is -0.130. The van der Waals surface area contributed by atoms with Crippen LogP contribution in [0.5, 0.6) is 0 Å². The van der Waals surface area contributed by atoms with Crippen molar-refractivity contribution in [3.63, 3.8) is 0 Å². The molecule has 0 saturated heterocycles. The van der Waals surface area contributed by atoms with Crippen LogP contribution in [0.15, 0.2) is 83.0 Å². The van der Waals surface area contributed by atoms with Crippen LogP contribution in [-0.4, -0.2) is 195 Å². The zero-order chi connectivity index (χ0) is 71.9. The maximum atomic E-state index is 15.0. The number of hydrogen-bond donors (Lipinski definition) is 1. The van der Waals surface area contributed by atoms with E-state index in [1.54, 1.807) is 65.8 Å². The number of carboxylic acids is 1. The van der Waals surface area contributed by atoms with Gasteiger partial charge < -0.3 is 61.9 Å². The molecule has 0 saturated carbocycles. The molecule has 0 spiro atoms. The van der Waals surface area contributed by atoms with Crippen molar-refractivity contribution in [2.75, 3.05) is 128 Å². The lowest BCUT2D eigenvalue weighted by Crippen LogP contribution is -2.49. The monoisotopic (exact) mass is 1380 g/mol. The van der Waals surface area contributed by atoms with Crippen molar-refractivity contribution in [2.45, 2.75) is 112 Å². The third-order valence-electron chi connectivity index (χ3n) is 13.3. The number of hydrogen-bond acceptors (Lipinski definition) is 22. The quantitative estimate of drug-likeness (QED) is 0.0147. The number of carbonyl (C=O) groups is 8. The number of anilines is 4. The lowest BCUT2D eigenvalue weighted by Gasteiger charge is -2.30. The number of nitrogens with zero attached hydrogens (tertiary/aromatic N) is 6. The van der Waals surface area contributed by atoms with Gasteiger partial charge in [0.25, 0.3) is 11.8 Å². The third-order valence-corrected chi connectivity index (χ3v) is 13.9. The number of carbonyl (C=O) groups excluding carboxylic acids is 7. The fraction of sp³-hybridized carbons (Fsp3) is 0.493. The summed E-state index contributed by atoms with van der Waals surface area (Å²) in [5.41, 5.74) is -5.78. The summed E-state index contributed by atoms with van der Waals surface area (Å²) in [7, 11) is 5.92. The van der Waals surface area contributed by atoms with E-state index in [4.69, 9.17) is 80.0 Å². The van der Waals surface area contributed by atoms with Crippen molar-refractivity contribution in [2.24, 2.45) is 10.2 Å². The number of ether oxygens (including phenoxy) is 12. The molecule has 29 heteroatoms. The number of ketones is 1. The molecule has 96 heavy (non-hydrogen) atoms. The van der Waals surface area contributed by atoms with E-state index in [9.17, 15) is 38.7 Å². The molecule has 6 amide bonds. The molecular formula is C67H88Cl2N6O21. The highest BCUT2D eigenvalue weighted by Crippen LogP contribution is 2.38. The second-order valence-electron chi connectivity index (χ2n) is 24.3. The average molecular weight is 1380 g/mol. The molecule has 27 nitrogen and oxygen atoms in total. The highest BCUT2D eigenvalue weighted by atomic mass is 35.5. The van der Waals surface area contributed by atoms with Crippen LogP contribution in [0.25, 0.3) is 11.1 Å². The molecule has 0 atom stereocenters. The topological polar surface area (TPSA) is 305 Å². The molecule has 0 fully saturated rings. The van der Waals surface area contributed by atoms with Crippen molar-refractivity contribution in [3.05, 3.63) is 105 Å². The third kappa shape index (κ3) is 24.3. The smallest absolute Gasteiger partial charge is 0.435 e. The minimum atomic E-state index is -1.99. The van der Waals surface area contributed by atoms with Gasteiger partial charge in [0.1, 0.15) is 22.4 Å². The normalized spacial score (nSPS) is 12.2. The van der Waals surface area contributed by atoms with Gasteiger partial charge in [0.05, 0.1) is 112 Å². The lowest BCUT2D eigenvalue weighted by atomic mass is 10.0. The van der Waals surface area contributed by atoms with Crippen LogP contribution in [-0.2, 0) is 76.0 Å². The summed E-state index contributed by atoms with van der Waals surface area (Å²) < 4.78 is 66.3. The standard InChI is InChI=1S/C67H88Cl2N6O21/c1-42-18-22-51(44(3)34-42)72(60(81)93-64(6,7)38-89-30-26-85-14)57(77)55(46(5)76)70-74(62(83)95-66(10,11)40-91-32-28-87-16)53-24-20-47(36-49(53)68)48-21-25-54(50(69)37-48)75(63(84)96-67(12,13)41-92-33-29-88-17)71-56(59(79)80)58(78)73(52-23-19-43(2)35-45(52)4)61(82)94-65(8,9)39-90-31-27-86-15/h18-25,34-37H,26-33,38-41H2,1-17H3,(H,79,80). The van der Waals surface area contributed by atoms with Crippen molar-refractivity contribution in [1.82, 2.24) is 0 Å². The Labute approximate surface area is 569 Å². The largest absolute Gasteiger partial charge is 0.476 e. The van der Waals surface area contributed by atoms with Gasteiger partial charge in [-0.15, -0.1) is 5.10 Å². The first kappa shape index (κ1) is 80.5. The fourth-order valence-corrected chi connectivity index (χ4v) is 9.25. The number of imide groups is 2. The Hall–Kier alpha value is -7.96. The van der Waals surface area contributed by atoms with Crippen LogP contribution in [0.1, 0.15) is 84.6 Å². The van der Waals surface area contributed by atoms with Gasteiger partial charge in [-0.1, -0.05) is 70.7 Å². The number of halogens is 2. The van der Waals surface area contributed by atoms with Crippen molar-refractivity contribution in [3.8, 4) is 11.1 Å². The van der Waals surface area contributed by atoms with E-state index in [1.165, 1.54) is 119 Å². The van der Waals surface area contributed by atoms with Crippen LogP contribution in [0.2, 0.25) is 10.0 Å². The van der Waals surface area contributed by atoms with Crippen LogP contribution < -0.4 is 19.8 Å². The minimum absolute atomic E-state index is 0.0176. The first-order valence-electron chi connectivity index (χ1n) is 30.2. The van der Waals surface area contributed by atoms with Crippen molar-refractivity contribution in [1.29, 1.82) is 0 Å². The van der Waals surface area contributed by atoms with E-state index >= 15 is 4.79 Å². The van der Waals surface area contributed by atoms with E-state index in [1.807, 2.05) is 0 Å². The number of hydrazone groups is 2. The Morgan fingerprint density at radius 3 is 0.990 bits per heavy atom. The van der Waals surface area contributed by atoms with Crippen LogP contribution in [0, 0.1) is 27.7 Å². The van der Waals surface area contributed by atoms with Gasteiger partial charge in [0, 0.05) is 35.4 Å². The van der Waals surface area contributed by atoms with Gasteiger partial charge in [-0.3, -0.25) is 14.4 Å². The van der Waals surface area contributed by atoms with E-state index in [-0.39, 0.29) is 123 Å². The SMILES string of the molecule is COCCOCC(C)(C)OC(=O)N(N=C(C(C)=O)C(=O)N(C(=O)OC(C)(C)COCCOC)c1ccc(C)cc1C)c1ccc(-c2ccc(N(N=C(C(=O)O)C(=O)N(C(=O)OC(C)(C)COCCOC)c3ccc(C)cc3C)C(=O)OC(C)(C)COCCOC)c(Cl)c2)cc1Cl. The van der Waals surface area contributed by atoms with Crippen LogP contribution in [0.4, 0.5) is 41.9 Å². The Morgan fingerprint density at radius 2 is 0.708 bits per heavy atom. The average Bonchev–Trinajstić information content (AvgIpc) is 0.796. The molecule has 0 bridgehead atoms. The van der Waals surface area contributed by atoms with Gasteiger partial charge >= 0.3 is 30.3 Å². The molecule has 0 aliphatic carbocycles. The van der Waals surface area contributed by atoms with Crippen molar-refractivity contribution < 1.29 is 100 Å². The molecule has 0 unspecified atom stereocenters. The van der Waals surface area contributed by atoms with Gasteiger partial charge in [-0.2, -0.15) is 15.1 Å². The maximum absolute atomic E-state index is 15.0. The number of rotatable bonds is 35. The zero-order valence-electron chi connectivity index (χ0n) is 57.5. The maximum Gasteiger partial charge on any atom is 0.435 e. The molecular weight excluding hydrogens is 1300 g/mol. The summed E-state index contributed by atoms with van der Waals surface area (Å²) in [6.07, 6.45) is -5.16. The summed E-state index contributed by atoms with van der Waals surface area (Å²) in [6, 6.07) is 17.5. The summed E-state index contributed by atoms with van der Waals surface area (Å²) in [4.78, 5) is 116. The highest BCUT2D eigenvalue weighted by molar-refractivity contribution is 6.69. The number of Topliss-reactive ketones (excluding diaryl/α,β-unsaturated/α-hetero) is 1. The minimum Gasteiger partial charge on any atom is -0.476 e.